The van der Waals surface area contributed by atoms with Crippen molar-refractivity contribution in [2.24, 2.45) is 0 Å². The molecule has 1 saturated heterocycles. The Morgan fingerprint density at radius 3 is 2.43 bits per heavy atom. The van der Waals surface area contributed by atoms with Gasteiger partial charge >= 0.3 is 0 Å². The minimum Gasteiger partial charge on any atom is -0.271 e. The highest BCUT2D eigenvalue weighted by Crippen LogP contribution is 2.37. The van der Waals surface area contributed by atoms with Crippen LogP contribution < -0.4 is 5.43 Å². The Labute approximate surface area is 180 Å². The minimum atomic E-state index is -0.895. The normalized spacial score (nSPS) is 17.6. The van der Waals surface area contributed by atoms with Crippen molar-refractivity contribution in [2.75, 3.05) is 0 Å². The molecule has 0 spiro atoms. The van der Waals surface area contributed by atoms with Crippen LogP contribution >= 0.6 is 46.3 Å². The highest BCUT2D eigenvalue weighted by Gasteiger charge is 2.44. The van der Waals surface area contributed by atoms with Crippen molar-refractivity contribution in [3.05, 3.63) is 86.5 Å². The molecule has 2 amide bonds. The zero-order valence-electron chi connectivity index (χ0n) is 14.3. The molecule has 1 fully saturated rings. The van der Waals surface area contributed by atoms with Gasteiger partial charge in [-0.15, -0.1) is 11.8 Å². The van der Waals surface area contributed by atoms with Crippen molar-refractivity contribution in [1.29, 1.82) is 0 Å². The van der Waals surface area contributed by atoms with Gasteiger partial charge in [0.05, 0.1) is 5.02 Å². The number of nitrogens with one attached hydrogen (secondary N) is 1. The number of hydrogen-bond donors (Lipinski definition) is 1. The third kappa shape index (κ3) is 3.78. The Balaban J connectivity index is 1.66. The summed E-state index contributed by atoms with van der Waals surface area (Å²) in [6.45, 7) is 0. The number of amides is 2. The fraction of sp³-hybridized carbons (Fsp3) is 0.100. The number of thiophene rings is 1. The second kappa shape index (κ2) is 8.17. The van der Waals surface area contributed by atoms with Gasteiger partial charge < -0.3 is 0 Å². The van der Waals surface area contributed by atoms with Crippen molar-refractivity contribution >= 4 is 58.1 Å². The van der Waals surface area contributed by atoms with Gasteiger partial charge in [-0.3, -0.25) is 15.0 Å². The molecule has 1 aliphatic heterocycles. The summed E-state index contributed by atoms with van der Waals surface area (Å²) in [6, 6.07) is 15.9. The lowest BCUT2D eigenvalue weighted by Crippen LogP contribution is -2.39. The lowest BCUT2D eigenvalue weighted by Gasteiger charge is -2.27. The number of thioether (sulfide) groups is 1. The molecule has 0 bridgehead atoms. The molecule has 2 heterocycles. The van der Waals surface area contributed by atoms with E-state index in [4.69, 9.17) is 23.2 Å². The van der Waals surface area contributed by atoms with Crippen LogP contribution in [-0.4, -0.2) is 22.1 Å². The topological polar surface area (TPSA) is 49.4 Å². The van der Waals surface area contributed by atoms with Gasteiger partial charge in [0.25, 0.3) is 11.8 Å². The SMILES string of the molecule is O=C1NN(C(c2ccc(Cl)cc2)c2ccsc2)C(=O)C1Sc1ccccc1Cl. The van der Waals surface area contributed by atoms with Gasteiger partial charge in [-0.2, -0.15) is 11.3 Å². The Bertz CT molecular complexity index is 1010. The third-order valence-electron chi connectivity index (χ3n) is 4.31. The highest BCUT2D eigenvalue weighted by atomic mass is 35.5. The molecule has 1 aliphatic rings. The fourth-order valence-electron chi connectivity index (χ4n) is 3.00. The number of carbonyl (C=O) groups excluding carboxylic acids is 2. The number of hydrazine groups is 1. The van der Waals surface area contributed by atoms with Crippen LogP contribution in [0.1, 0.15) is 17.2 Å². The maximum atomic E-state index is 13.2. The zero-order valence-corrected chi connectivity index (χ0v) is 17.5. The average molecular weight is 449 g/mol. The predicted molar refractivity (Wildman–Crippen MR) is 114 cm³/mol. The van der Waals surface area contributed by atoms with Crippen LogP contribution in [0.5, 0.6) is 0 Å². The molecule has 2 aromatic carbocycles. The maximum Gasteiger partial charge on any atom is 0.265 e. The molecular formula is C20H14Cl2N2O2S2. The van der Waals surface area contributed by atoms with Crippen LogP contribution in [0.25, 0.3) is 0 Å². The Kier molecular flexibility index (Phi) is 5.64. The first kappa shape index (κ1) is 19.3. The lowest BCUT2D eigenvalue weighted by atomic mass is 10.0. The molecule has 142 valence electrons. The van der Waals surface area contributed by atoms with Crippen molar-refractivity contribution in [3.8, 4) is 0 Å². The predicted octanol–water partition coefficient (Wildman–Crippen LogP) is 5.18. The summed E-state index contributed by atoms with van der Waals surface area (Å²) in [6.07, 6.45) is 0. The van der Waals surface area contributed by atoms with E-state index in [0.717, 1.165) is 22.9 Å². The minimum absolute atomic E-state index is 0.305. The molecule has 3 aromatic rings. The first-order chi connectivity index (χ1) is 13.5. The van der Waals surface area contributed by atoms with Crippen molar-refractivity contribution < 1.29 is 9.59 Å². The van der Waals surface area contributed by atoms with Gasteiger partial charge in [0.15, 0.2) is 5.25 Å². The molecule has 0 aliphatic carbocycles. The van der Waals surface area contributed by atoms with E-state index in [0.29, 0.717) is 14.9 Å². The summed E-state index contributed by atoms with van der Waals surface area (Å²) in [5.74, 6) is -0.662. The smallest absolute Gasteiger partial charge is 0.265 e. The number of carbonyl (C=O) groups is 2. The van der Waals surface area contributed by atoms with Gasteiger partial charge in [-0.1, -0.05) is 47.5 Å². The number of benzene rings is 2. The highest BCUT2D eigenvalue weighted by molar-refractivity contribution is 8.01. The maximum absolute atomic E-state index is 13.2. The molecule has 8 heteroatoms. The molecule has 4 nitrogen and oxygen atoms in total. The summed E-state index contributed by atoms with van der Waals surface area (Å²) in [5.41, 5.74) is 4.53. The van der Waals surface area contributed by atoms with E-state index >= 15 is 0 Å². The summed E-state index contributed by atoms with van der Waals surface area (Å²) >= 11 is 14.9. The Morgan fingerprint density at radius 2 is 1.75 bits per heavy atom. The van der Waals surface area contributed by atoms with Crippen LogP contribution in [0.3, 0.4) is 0 Å². The van der Waals surface area contributed by atoms with Gasteiger partial charge in [0.1, 0.15) is 6.04 Å². The van der Waals surface area contributed by atoms with E-state index in [1.165, 1.54) is 16.3 Å². The first-order valence-corrected chi connectivity index (χ1v) is 10.9. The van der Waals surface area contributed by atoms with Crippen molar-refractivity contribution in [1.82, 2.24) is 10.4 Å². The number of hydrogen-bond acceptors (Lipinski definition) is 4. The molecule has 0 saturated carbocycles. The molecular weight excluding hydrogens is 435 g/mol. The zero-order chi connectivity index (χ0) is 19.7. The van der Waals surface area contributed by atoms with Crippen LogP contribution in [0.4, 0.5) is 0 Å². The van der Waals surface area contributed by atoms with Crippen LogP contribution in [0.15, 0.2) is 70.3 Å². The monoisotopic (exact) mass is 448 g/mol. The molecule has 1 N–H and O–H groups in total. The van der Waals surface area contributed by atoms with Gasteiger partial charge in [-0.05, 0) is 52.2 Å². The van der Waals surface area contributed by atoms with Crippen LogP contribution in [-0.2, 0) is 9.59 Å². The van der Waals surface area contributed by atoms with E-state index in [-0.39, 0.29) is 11.8 Å². The standard InChI is InChI=1S/C20H14Cl2N2O2S2/c21-14-7-5-12(6-8-14)17(13-9-10-27-11-13)24-20(26)18(19(25)23-24)28-16-4-2-1-3-15(16)22/h1-11,17-18H,(H,23,25). The van der Waals surface area contributed by atoms with Gasteiger partial charge in [0.2, 0.25) is 0 Å². The summed E-state index contributed by atoms with van der Waals surface area (Å²) < 4.78 is 0. The van der Waals surface area contributed by atoms with Crippen LogP contribution in [0, 0.1) is 0 Å². The Morgan fingerprint density at radius 1 is 1.00 bits per heavy atom. The van der Waals surface area contributed by atoms with E-state index in [2.05, 4.69) is 5.43 Å². The van der Waals surface area contributed by atoms with Crippen molar-refractivity contribution in [2.45, 2.75) is 16.2 Å². The van der Waals surface area contributed by atoms with E-state index in [1.54, 1.807) is 24.3 Å². The van der Waals surface area contributed by atoms with E-state index in [9.17, 15) is 9.59 Å². The quantitative estimate of drug-likeness (QED) is 0.547. The van der Waals surface area contributed by atoms with Crippen molar-refractivity contribution in [3.63, 3.8) is 0 Å². The molecule has 28 heavy (non-hydrogen) atoms. The van der Waals surface area contributed by atoms with E-state index in [1.807, 2.05) is 41.1 Å². The largest absolute Gasteiger partial charge is 0.271 e. The van der Waals surface area contributed by atoms with Crippen LogP contribution in [0.2, 0.25) is 10.0 Å². The number of nitrogens with zero attached hydrogens (tertiary/aromatic N) is 1. The fourth-order valence-corrected chi connectivity index (χ4v) is 5.04. The van der Waals surface area contributed by atoms with E-state index < -0.39 is 11.3 Å². The molecule has 2 unspecified atom stereocenters. The average Bonchev–Trinajstić information content (AvgIpc) is 3.30. The second-order valence-corrected chi connectivity index (χ2v) is 8.89. The first-order valence-electron chi connectivity index (χ1n) is 8.37. The molecule has 1 aromatic heterocycles. The molecule has 4 rings (SSSR count). The number of rotatable bonds is 5. The Hall–Kier alpha value is -1.99. The summed E-state index contributed by atoms with van der Waals surface area (Å²) in [7, 11) is 0. The summed E-state index contributed by atoms with van der Waals surface area (Å²) in [4.78, 5) is 26.5. The molecule has 2 atom stereocenters. The second-order valence-electron chi connectivity index (χ2n) is 6.12. The third-order valence-corrected chi connectivity index (χ3v) is 6.97. The van der Waals surface area contributed by atoms with Gasteiger partial charge in [0, 0.05) is 9.92 Å². The summed E-state index contributed by atoms with van der Waals surface area (Å²) in [5, 5.41) is 5.54. The molecule has 0 radical (unpaired) electrons. The lowest BCUT2D eigenvalue weighted by molar-refractivity contribution is -0.131. The van der Waals surface area contributed by atoms with Gasteiger partial charge in [-0.25, -0.2) is 5.01 Å². The number of halogens is 2.